The topological polar surface area (TPSA) is 103 Å². The van der Waals surface area contributed by atoms with Crippen molar-refractivity contribution in [1.82, 2.24) is 15.4 Å². The lowest BCUT2D eigenvalue weighted by molar-refractivity contribution is 0.187. The van der Waals surface area contributed by atoms with E-state index in [1.165, 1.54) is 0 Å². The van der Waals surface area contributed by atoms with Crippen molar-refractivity contribution in [2.75, 3.05) is 32.4 Å². The molecule has 11 heteroatoms. The molecule has 0 fully saturated rings. The summed E-state index contributed by atoms with van der Waals surface area (Å²) in [4.78, 5) is 4.26. The fraction of sp³-hybridized carbons (Fsp3) is 0.500. The minimum absolute atomic E-state index is 0. The van der Waals surface area contributed by atoms with Crippen LogP contribution in [0.1, 0.15) is 18.6 Å². The molecule has 0 amide bonds. The summed E-state index contributed by atoms with van der Waals surface area (Å²) in [7, 11) is -3.22. The van der Waals surface area contributed by atoms with Gasteiger partial charge in [-0.25, -0.2) is 13.1 Å². The maximum Gasteiger partial charge on any atom is 0.208 e. The maximum absolute atomic E-state index is 11.0. The van der Waals surface area contributed by atoms with Crippen molar-refractivity contribution in [1.29, 1.82) is 0 Å². The van der Waals surface area contributed by atoms with E-state index in [4.69, 9.17) is 23.2 Å². The minimum Gasteiger partial charge on any atom is -0.386 e. The van der Waals surface area contributed by atoms with Crippen molar-refractivity contribution in [3.63, 3.8) is 0 Å². The SMILES string of the molecule is CCNC(=NCC(O)c1cc(Cl)cc(Cl)c1)NCCNS(C)(=O)=O.I. The van der Waals surface area contributed by atoms with Gasteiger partial charge < -0.3 is 15.7 Å². The number of nitrogens with one attached hydrogen (secondary N) is 3. The largest absolute Gasteiger partial charge is 0.386 e. The number of nitrogens with zero attached hydrogens (tertiary/aromatic N) is 1. The summed E-state index contributed by atoms with van der Waals surface area (Å²) in [6, 6.07) is 4.84. The number of guanidine groups is 1. The summed E-state index contributed by atoms with van der Waals surface area (Å²) >= 11 is 11.8. The van der Waals surface area contributed by atoms with Crippen molar-refractivity contribution in [2.45, 2.75) is 13.0 Å². The van der Waals surface area contributed by atoms with Gasteiger partial charge in [-0.1, -0.05) is 23.2 Å². The number of aliphatic hydroxyl groups is 1. The molecule has 0 saturated heterocycles. The molecule has 0 radical (unpaired) electrons. The minimum atomic E-state index is -3.22. The van der Waals surface area contributed by atoms with Gasteiger partial charge in [0.15, 0.2) is 5.96 Å². The highest BCUT2D eigenvalue weighted by molar-refractivity contribution is 14.0. The van der Waals surface area contributed by atoms with Crippen molar-refractivity contribution in [3.8, 4) is 0 Å². The Hall–Kier alpha value is -0.330. The number of sulfonamides is 1. The van der Waals surface area contributed by atoms with Crippen LogP contribution in [-0.2, 0) is 10.0 Å². The Labute approximate surface area is 175 Å². The van der Waals surface area contributed by atoms with Crippen molar-refractivity contribution in [2.24, 2.45) is 4.99 Å². The number of rotatable bonds is 8. The summed E-state index contributed by atoms with van der Waals surface area (Å²) in [6.45, 7) is 3.22. The second-order valence-electron chi connectivity index (χ2n) is 5.03. The molecule has 1 aromatic carbocycles. The van der Waals surface area contributed by atoms with Crippen LogP contribution in [0.3, 0.4) is 0 Å². The van der Waals surface area contributed by atoms with Gasteiger partial charge in [-0.05, 0) is 30.7 Å². The zero-order chi connectivity index (χ0) is 18.2. The molecule has 1 aromatic rings. The predicted molar refractivity (Wildman–Crippen MR) is 114 cm³/mol. The van der Waals surface area contributed by atoms with Gasteiger partial charge in [-0.3, -0.25) is 4.99 Å². The quantitative estimate of drug-likeness (QED) is 0.179. The number of halogens is 3. The maximum atomic E-state index is 11.0. The van der Waals surface area contributed by atoms with Gasteiger partial charge in [-0.2, -0.15) is 0 Å². The van der Waals surface area contributed by atoms with Crippen molar-refractivity contribution >= 4 is 63.2 Å². The van der Waals surface area contributed by atoms with Crippen LogP contribution in [0, 0.1) is 0 Å². The molecule has 144 valence electrons. The molecule has 0 saturated carbocycles. The molecule has 4 N–H and O–H groups in total. The molecule has 0 aromatic heterocycles. The molecule has 0 bridgehead atoms. The lowest BCUT2D eigenvalue weighted by Crippen LogP contribution is -2.41. The zero-order valence-corrected chi connectivity index (χ0v) is 18.6. The molecule has 25 heavy (non-hydrogen) atoms. The van der Waals surface area contributed by atoms with E-state index in [0.29, 0.717) is 34.7 Å². The van der Waals surface area contributed by atoms with Gasteiger partial charge in [0, 0.05) is 29.7 Å². The first kappa shape index (κ1) is 24.7. The Bertz CT molecular complexity index is 654. The Kier molecular flexibility index (Phi) is 12.0. The fourth-order valence-corrected chi connectivity index (χ4v) is 2.83. The molecule has 7 nitrogen and oxygen atoms in total. The molecule has 0 aliphatic heterocycles. The van der Waals surface area contributed by atoms with E-state index in [-0.39, 0.29) is 37.1 Å². The van der Waals surface area contributed by atoms with Crippen LogP contribution in [0.15, 0.2) is 23.2 Å². The first-order chi connectivity index (χ1) is 11.2. The smallest absolute Gasteiger partial charge is 0.208 e. The Balaban J connectivity index is 0.00000576. The van der Waals surface area contributed by atoms with Crippen LogP contribution in [0.25, 0.3) is 0 Å². The third-order valence-corrected chi connectivity index (χ3v) is 3.98. The molecule has 0 aliphatic carbocycles. The van der Waals surface area contributed by atoms with Crippen LogP contribution < -0.4 is 15.4 Å². The molecular formula is C14H23Cl2IN4O3S. The van der Waals surface area contributed by atoms with E-state index in [1.54, 1.807) is 18.2 Å². The number of hydrogen-bond acceptors (Lipinski definition) is 4. The highest BCUT2D eigenvalue weighted by Gasteiger charge is 2.10. The summed E-state index contributed by atoms with van der Waals surface area (Å²) in [5.41, 5.74) is 0.575. The molecule has 1 rings (SSSR count). The van der Waals surface area contributed by atoms with E-state index in [9.17, 15) is 13.5 Å². The van der Waals surface area contributed by atoms with E-state index >= 15 is 0 Å². The average Bonchev–Trinajstić information content (AvgIpc) is 2.46. The Morgan fingerprint density at radius 3 is 2.32 bits per heavy atom. The molecular weight excluding hydrogens is 502 g/mol. The predicted octanol–water partition coefficient (Wildman–Crippen LogP) is 1.75. The standard InChI is InChI=1S/C14H22Cl2N4O3S.HI/c1-3-17-14(18-4-5-20-24(2,22)23)19-9-13(21)10-6-11(15)8-12(16)7-10;/h6-8,13,20-21H,3-5,9H2,1-2H3,(H2,17,18,19);1H. The van der Waals surface area contributed by atoms with Gasteiger partial charge in [-0.15, -0.1) is 24.0 Å². The molecule has 1 unspecified atom stereocenters. The number of benzene rings is 1. The monoisotopic (exact) mass is 524 g/mol. The van der Waals surface area contributed by atoms with Gasteiger partial charge in [0.1, 0.15) is 0 Å². The second kappa shape index (κ2) is 12.1. The number of aliphatic hydroxyl groups excluding tert-OH is 1. The number of hydrogen-bond donors (Lipinski definition) is 4. The van der Waals surface area contributed by atoms with E-state index in [1.807, 2.05) is 6.92 Å². The third-order valence-electron chi connectivity index (χ3n) is 2.82. The van der Waals surface area contributed by atoms with Crippen molar-refractivity contribution < 1.29 is 13.5 Å². The van der Waals surface area contributed by atoms with Gasteiger partial charge >= 0.3 is 0 Å². The Morgan fingerprint density at radius 1 is 1.20 bits per heavy atom. The lowest BCUT2D eigenvalue weighted by atomic mass is 10.1. The summed E-state index contributed by atoms with van der Waals surface area (Å²) in [6.07, 6.45) is 0.240. The fourth-order valence-electron chi connectivity index (χ4n) is 1.81. The van der Waals surface area contributed by atoms with Crippen molar-refractivity contribution in [3.05, 3.63) is 33.8 Å². The number of aliphatic imine (C=N–C) groups is 1. The van der Waals surface area contributed by atoms with Crippen LogP contribution in [0.5, 0.6) is 0 Å². The molecule has 0 spiro atoms. The van der Waals surface area contributed by atoms with Crippen LogP contribution in [0.4, 0.5) is 0 Å². The lowest BCUT2D eigenvalue weighted by Gasteiger charge is -2.14. The summed E-state index contributed by atoms with van der Waals surface area (Å²) in [5.74, 6) is 0.472. The van der Waals surface area contributed by atoms with E-state index in [0.717, 1.165) is 6.26 Å². The first-order valence-corrected chi connectivity index (χ1v) is 9.97. The highest BCUT2D eigenvalue weighted by Crippen LogP contribution is 2.23. The normalized spacial score (nSPS) is 13.1. The summed E-state index contributed by atoms with van der Waals surface area (Å²) in [5, 5.41) is 17.1. The average molecular weight is 525 g/mol. The van der Waals surface area contributed by atoms with Crippen LogP contribution in [-0.4, -0.2) is 51.9 Å². The molecule has 0 aliphatic rings. The first-order valence-electron chi connectivity index (χ1n) is 7.32. The van der Waals surface area contributed by atoms with Gasteiger partial charge in [0.05, 0.1) is 18.9 Å². The Morgan fingerprint density at radius 2 is 1.80 bits per heavy atom. The summed E-state index contributed by atoms with van der Waals surface area (Å²) < 4.78 is 24.3. The van der Waals surface area contributed by atoms with Crippen LogP contribution in [0.2, 0.25) is 10.0 Å². The third kappa shape index (κ3) is 11.1. The second-order valence-corrected chi connectivity index (χ2v) is 7.74. The zero-order valence-electron chi connectivity index (χ0n) is 13.9. The highest BCUT2D eigenvalue weighted by atomic mass is 127. The van der Waals surface area contributed by atoms with E-state index in [2.05, 4.69) is 20.3 Å². The van der Waals surface area contributed by atoms with E-state index < -0.39 is 16.1 Å². The molecule has 1 atom stereocenters. The molecule has 0 heterocycles. The van der Waals surface area contributed by atoms with Crippen LogP contribution >= 0.6 is 47.2 Å². The van der Waals surface area contributed by atoms with Gasteiger partial charge in [0.2, 0.25) is 10.0 Å². The van der Waals surface area contributed by atoms with Gasteiger partial charge in [0.25, 0.3) is 0 Å².